The van der Waals surface area contributed by atoms with Crippen LogP contribution in [0.15, 0.2) is 18.2 Å². The number of halogens is 1. The van der Waals surface area contributed by atoms with Gasteiger partial charge in [-0.15, -0.1) is 0 Å². The van der Waals surface area contributed by atoms with Crippen molar-refractivity contribution >= 4 is 21.9 Å². The first-order chi connectivity index (χ1) is 7.69. The fourth-order valence-electron chi connectivity index (χ4n) is 1.39. The summed E-state index contributed by atoms with van der Waals surface area (Å²) in [6, 6.07) is 5.07. The minimum absolute atomic E-state index is 0.00878. The zero-order chi connectivity index (χ0) is 12.0. The third-order valence-corrected chi connectivity index (χ3v) is 2.72. The number of hydrogen-bond acceptors (Lipinski definition) is 3. The number of carbonyl (C=O) groups is 1. The van der Waals surface area contributed by atoms with Gasteiger partial charge in [0.05, 0.1) is 6.61 Å². The largest absolute Gasteiger partial charge is 0.507 e. The van der Waals surface area contributed by atoms with Crippen LogP contribution in [0.4, 0.5) is 0 Å². The second-order valence-electron chi connectivity index (χ2n) is 3.36. The fraction of sp³-hybridized carbons (Fsp3) is 0.417. The molecule has 0 heterocycles. The standard InChI is InChI=1S/C12H15BrO3/c1-2-16-12(15)10-6-5-9(4-3-7-13)8-11(10)14/h5-6,8,14H,2-4,7H2,1H3. The van der Waals surface area contributed by atoms with Gasteiger partial charge in [0.1, 0.15) is 11.3 Å². The molecule has 4 heteroatoms. The van der Waals surface area contributed by atoms with Crippen molar-refractivity contribution in [3.8, 4) is 5.75 Å². The Morgan fingerprint density at radius 2 is 2.25 bits per heavy atom. The molecule has 1 N–H and O–H groups in total. The summed E-state index contributed by atoms with van der Waals surface area (Å²) in [6.45, 7) is 2.04. The highest BCUT2D eigenvalue weighted by Gasteiger charge is 2.12. The van der Waals surface area contributed by atoms with Gasteiger partial charge in [0, 0.05) is 5.33 Å². The van der Waals surface area contributed by atoms with Crippen LogP contribution in [0.1, 0.15) is 29.3 Å². The topological polar surface area (TPSA) is 46.5 Å². The highest BCUT2D eigenvalue weighted by molar-refractivity contribution is 9.09. The minimum Gasteiger partial charge on any atom is -0.507 e. The lowest BCUT2D eigenvalue weighted by Crippen LogP contribution is -2.05. The van der Waals surface area contributed by atoms with Crippen molar-refractivity contribution in [2.24, 2.45) is 0 Å². The van der Waals surface area contributed by atoms with Crippen LogP contribution in [-0.2, 0) is 11.2 Å². The maximum atomic E-state index is 11.4. The Kier molecular flexibility index (Phi) is 5.32. The van der Waals surface area contributed by atoms with Crippen LogP contribution < -0.4 is 0 Å². The van der Waals surface area contributed by atoms with Gasteiger partial charge in [-0.3, -0.25) is 0 Å². The molecule has 0 saturated carbocycles. The summed E-state index contributed by atoms with van der Waals surface area (Å²) < 4.78 is 4.82. The third-order valence-electron chi connectivity index (χ3n) is 2.16. The van der Waals surface area contributed by atoms with Gasteiger partial charge in [-0.25, -0.2) is 4.79 Å². The molecule has 0 bridgehead atoms. The number of benzene rings is 1. The summed E-state index contributed by atoms with van der Waals surface area (Å²) in [5.74, 6) is -0.488. The number of phenolic OH excluding ortho intramolecular Hbond substituents is 1. The molecule has 1 rings (SSSR count). The van der Waals surface area contributed by atoms with E-state index in [-0.39, 0.29) is 11.3 Å². The molecule has 0 spiro atoms. The van der Waals surface area contributed by atoms with Gasteiger partial charge < -0.3 is 9.84 Å². The lowest BCUT2D eigenvalue weighted by molar-refractivity contribution is 0.0523. The van der Waals surface area contributed by atoms with E-state index in [1.165, 1.54) is 0 Å². The SMILES string of the molecule is CCOC(=O)c1ccc(CCCBr)cc1O. The normalized spacial score (nSPS) is 10.1. The molecule has 0 aliphatic carbocycles. The Labute approximate surface area is 104 Å². The number of phenols is 1. The van der Waals surface area contributed by atoms with E-state index in [1.54, 1.807) is 19.1 Å². The second kappa shape index (κ2) is 6.53. The number of rotatable bonds is 5. The Morgan fingerprint density at radius 3 is 2.81 bits per heavy atom. The smallest absolute Gasteiger partial charge is 0.341 e. The number of aryl methyl sites for hydroxylation is 1. The molecular weight excluding hydrogens is 272 g/mol. The van der Waals surface area contributed by atoms with Gasteiger partial charge in [0.2, 0.25) is 0 Å². The van der Waals surface area contributed by atoms with Gasteiger partial charge in [0.25, 0.3) is 0 Å². The summed E-state index contributed by atoms with van der Waals surface area (Å²) in [5, 5.41) is 10.6. The predicted octanol–water partition coefficient (Wildman–Crippen LogP) is 2.90. The molecule has 0 unspecified atom stereocenters. The van der Waals surface area contributed by atoms with Gasteiger partial charge >= 0.3 is 5.97 Å². The Hall–Kier alpha value is -1.03. The number of carbonyl (C=O) groups excluding carboxylic acids is 1. The van der Waals surface area contributed by atoms with Gasteiger partial charge in [0.15, 0.2) is 0 Å². The lowest BCUT2D eigenvalue weighted by Gasteiger charge is -2.06. The van der Waals surface area contributed by atoms with Gasteiger partial charge in [-0.1, -0.05) is 22.0 Å². The number of esters is 1. The van der Waals surface area contributed by atoms with E-state index in [0.717, 1.165) is 23.7 Å². The first-order valence-electron chi connectivity index (χ1n) is 5.24. The van der Waals surface area contributed by atoms with Crippen molar-refractivity contribution in [1.29, 1.82) is 0 Å². The Morgan fingerprint density at radius 1 is 1.50 bits per heavy atom. The van der Waals surface area contributed by atoms with E-state index in [1.807, 2.05) is 6.07 Å². The highest BCUT2D eigenvalue weighted by Crippen LogP contribution is 2.20. The lowest BCUT2D eigenvalue weighted by atomic mass is 10.1. The summed E-state index contributed by atoms with van der Waals surface area (Å²) in [7, 11) is 0. The van der Waals surface area contributed by atoms with Crippen LogP contribution in [0.5, 0.6) is 5.75 Å². The van der Waals surface area contributed by atoms with Crippen LogP contribution >= 0.6 is 15.9 Å². The van der Waals surface area contributed by atoms with E-state index < -0.39 is 5.97 Å². The van der Waals surface area contributed by atoms with Crippen LogP contribution in [0.3, 0.4) is 0 Å². The molecule has 0 saturated heterocycles. The monoisotopic (exact) mass is 286 g/mol. The Bertz CT molecular complexity index is 363. The molecule has 16 heavy (non-hydrogen) atoms. The molecule has 1 aromatic carbocycles. The van der Waals surface area contributed by atoms with E-state index in [0.29, 0.717) is 6.61 Å². The quantitative estimate of drug-likeness (QED) is 0.669. The molecule has 0 atom stereocenters. The highest BCUT2D eigenvalue weighted by atomic mass is 79.9. The fourth-order valence-corrected chi connectivity index (χ4v) is 1.67. The van der Waals surface area contributed by atoms with Gasteiger partial charge in [-0.05, 0) is 37.5 Å². The first-order valence-corrected chi connectivity index (χ1v) is 6.36. The average molecular weight is 287 g/mol. The van der Waals surface area contributed by atoms with Crippen molar-refractivity contribution in [2.45, 2.75) is 19.8 Å². The zero-order valence-electron chi connectivity index (χ0n) is 9.20. The van der Waals surface area contributed by atoms with E-state index in [4.69, 9.17) is 4.74 Å². The summed E-state index contributed by atoms with van der Waals surface area (Å²) in [6.07, 6.45) is 1.88. The van der Waals surface area contributed by atoms with E-state index in [2.05, 4.69) is 15.9 Å². The van der Waals surface area contributed by atoms with Crippen LogP contribution in [0, 0.1) is 0 Å². The van der Waals surface area contributed by atoms with E-state index >= 15 is 0 Å². The summed E-state index contributed by atoms with van der Waals surface area (Å²) >= 11 is 3.35. The molecule has 0 aromatic heterocycles. The van der Waals surface area contributed by atoms with E-state index in [9.17, 15) is 9.90 Å². The number of hydrogen-bond donors (Lipinski definition) is 1. The molecule has 0 fully saturated rings. The second-order valence-corrected chi connectivity index (χ2v) is 4.16. The van der Waals surface area contributed by atoms with Crippen molar-refractivity contribution in [3.63, 3.8) is 0 Å². The maximum absolute atomic E-state index is 11.4. The third kappa shape index (κ3) is 3.52. The zero-order valence-corrected chi connectivity index (χ0v) is 10.8. The van der Waals surface area contributed by atoms with Gasteiger partial charge in [-0.2, -0.15) is 0 Å². The van der Waals surface area contributed by atoms with Crippen molar-refractivity contribution < 1.29 is 14.6 Å². The predicted molar refractivity (Wildman–Crippen MR) is 66.2 cm³/mol. The van der Waals surface area contributed by atoms with Crippen molar-refractivity contribution in [3.05, 3.63) is 29.3 Å². The Balaban J connectivity index is 2.78. The molecular formula is C12H15BrO3. The van der Waals surface area contributed by atoms with Crippen molar-refractivity contribution in [2.75, 3.05) is 11.9 Å². The molecule has 0 aliphatic rings. The molecule has 1 aromatic rings. The maximum Gasteiger partial charge on any atom is 0.341 e. The van der Waals surface area contributed by atoms with Crippen LogP contribution in [-0.4, -0.2) is 23.0 Å². The van der Waals surface area contributed by atoms with Crippen molar-refractivity contribution in [1.82, 2.24) is 0 Å². The van der Waals surface area contributed by atoms with Crippen LogP contribution in [0.25, 0.3) is 0 Å². The minimum atomic E-state index is -0.480. The summed E-state index contributed by atoms with van der Waals surface area (Å²) in [5.41, 5.74) is 1.24. The molecule has 0 aliphatic heterocycles. The first kappa shape index (κ1) is 13.0. The number of ether oxygens (including phenoxy) is 1. The molecule has 0 amide bonds. The summed E-state index contributed by atoms with van der Waals surface area (Å²) in [4.78, 5) is 11.4. The number of aromatic hydroxyl groups is 1. The molecule has 3 nitrogen and oxygen atoms in total. The van der Waals surface area contributed by atoms with Crippen LogP contribution in [0.2, 0.25) is 0 Å². The molecule has 88 valence electrons. The number of alkyl halides is 1. The average Bonchev–Trinajstić information content (AvgIpc) is 2.26. The molecule has 0 radical (unpaired) electrons.